The normalized spacial score (nSPS) is 27.4. The Bertz CT molecular complexity index is 570. The van der Waals surface area contributed by atoms with Crippen molar-refractivity contribution in [1.82, 2.24) is 15.1 Å². The lowest BCUT2D eigenvalue weighted by Crippen LogP contribution is -2.47. The number of carbonyl (C=O) groups is 1. The summed E-state index contributed by atoms with van der Waals surface area (Å²) >= 11 is 0. The van der Waals surface area contributed by atoms with E-state index in [1.54, 1.807) is 0 Å². The molecule has 3 saturated heterocycles. The van der Waals surface area contributed by atoms with E-state index in [0.29, 0.717) is 24.4 Å². The molecule has 1 aromatic carbocycles. The van der Waals surface area contributed by atoms with Crippen LogP contribution < -0.4 is 10.2 Å². The van der Waals surface area contributed by atoms with Gasteiger partial charge in [0, 0.05) is 70.0 Å². The van der Waals surface area contributed by atoms with Crippen LogP contribution in [0.5, 0.6) is 0 Å². The first kappa shape index (κ1) is 16.9. The number of anilines is 1. The van der Waals surface area contributed by atoms with Crippen molar-refractivity contribution >= 4 is 11.6 Å². The average Bonchev–Trinajstić information content (AvgIpc) is 2.99. The highest BCUT2D eigenvalue weighted by Gasteiger charge is 2.31. The molecule has 1 N–H and O–H groups in total. The zero-order valence-corrected chi connectivity index (χ0v) is 15.1. The number of nitrogens with zero attached hydrogens (tertiary/aromatic N) is 3. The van der Waals surface area contributed by atoms with Crippen LogP contribution in [0.3, 0.4) is 0 Å². The minimum Gasteiger partial charge on any atom is -0.369 e. The Balaban J connectivity index is 1.21. The van der Waals surface area contributed by atoms with Gasteiger partial charge in [0.2, 0.25) is 5.91 Å². The summed E-state index contributed by atoms with van der Waals surface area (Å²) < 4.78 is 0. The van der Waals surface area contributed by atoms with Crippen molar-refractivity contribution in [2.75, 3.05) is 50.7 Å². The van der Waals surface area contributed by atoms with Gasteiger partial charge in [-0.05, 0) is 31.4 Å². The Morgan fingerprint density at radius 3 is 2.52 bits per heavy atom. The maximum atomic E-state index is 12.6. The van der Waals surface area contributed by atoms with Gasteiger partial charge in [0.15, 0.2) is 0 Å². The fourth-order valence-corrected chi connectivity index (χ4v) is 4.45. The monoisotopic (exact) mass is 342 g/mol. The summed E-state index contributed by atoms with van der Waals surface area (Å²) in [6.07, 6.45) is 4.31. The lowest BCUT2D eigenvalue weighted by atomic mass is 10.1. The molecule has 0 spiro atoms. The Hall–Kier alpha value is -1.59. The van der Waals surface area contributed by atoms with Crippen molar-refractivity contribution in [2.24, 2.45) is 0 Å². The van der Waals surface area contributed by atoms with Gasteiger partial charge in [-0.15, -0.1) is 0 Å². The first-order valence-corrected chi connectivity index (χ1v) is 9.84. The highest BCUT2D eigenvalue weighted by Crippen LogP contribution is 2.21. The molecular formula is C20H30N4O. The lowest BCUT2D eigenvalue weighted by Gasteiger charge is -2.36. The van der Waals surface area contributed by atoms with Gasteiger partial charge in [-0.2, -0.15) is 0 Å². The Kier molecular flexibility index (Phi) is 5.22. The number of para-hydroxylation sites is 1. The van der Waals surface area contributed by atoms with E-state index in [1.807, 2.05) is 0 Å². The predicted molar refractivity (Wildman–Crippen MR) is 101 cm³/mol. The summed E-state index contributed by atoms with van der Waals surface area (Å²) in [6.45, 7) is 6.96. The van der Waals surface area contributed by atoms with Crippen molar-refractivity contribution in [3.63, 3.8) is 0 Å². The molecule has 25 heavy (non-hydrogen) atoms. The van der Waals surface area contributed by atoms with Crippen molar-refractivity contribution in [3.8, 4) is 0 Å². The zero-order valence-electron chi connectivity index (χ0n) is 15.1. The third-order valence-corrected chi connectivity index (χ3v) is 6.01. The summed E-state index contributed by atoms with van der Waals surface area (Å²) in [5, 5.41) is 3.65. The zero-order chi connectivity index (χ0) is 17.1. The molecule has 0 radical (unpaired) electrons. The minimum atomic E-state index is 0.347. The first-order valence-electron chi connectivity index (χ1n) is 9.84. The van der Waals surface area contributed by atoms with E-state index in [-0.39, 0.29) is 0 Å². The summed E-state index contributed by atoms with van der Waals surface area (Å²) in [7, 11) is 0. The van der Waals surface area contributed by atoms with Gasteiger partial charge >= 0.3 is 0 Å². The molecule has 2 bridgehead atoms. The van der Waals surface area contributed by atoms with Crippen LogP contribution in [-0.2, 0) is 4.79 Å². The predicted octanol–water partition coefficient (Wildman–Crippen LogP) is 1.55. The second-order valence-corrected chi connectivity index (χ2v) is 7.68. The maximum absolute atomic E-state index is 12.6. The van der Waals surface area contributed by atoms with Crippen LogP contribution >= 0.6 is 0 Å². The summed E-state index contributed by atoms with van der Waals surface area (Å²) in [5.74, 6) is 0.347. The third kappa shape index (κ3) is 4.15. The number of carbonyl (C=O) groups excluding carboxylic acids is 1. The molecule has 1 aromatic rings. The number of amides is 1. The lowest BCUT2D eigenvalue weighted by molar-refractivity contribution is -0.131. The summed E-state index contributed by atoms with van der Waals surface area (Å²) in [6, 6.07) is 11.8. The SMILES string of the molecule is O=C(CCN1CCN(c2ccccc2)CC1)N1CCC2CCC(C1)N2. The van der Waals surface area contributed by atoms with Crippen LogP contribution in [0.1, 0.15) is 25.7 Å². The average molecular weight is 342 g/mol. The first-order chi connectivity index (χ1) is 12.3. The number of benzene rings is 1. The minimum absolute atomic E-state index is 0.347. The number of nitrogens with one attached hydrogen (secondary N) is 1. The summed E-state index contributed by atoms with van der Waals surface area (Å²) in [4.78, 5) is 19.6. The van der Waals surface area contributed by atoms with Gasteiger partial charge in [0.1, 0.15) is 0 Å². The topological polar surface area (TPSA) is 38.8 Å². The molecule has 0 aliphatic carbocycles. The second-order valence-electron chi connectivity index (χ2n) is 7.68. The van der Waals surface area contributed by atoms with Gasteiger partial charge in [-0.1, -0.05) is 18.2 Å². The van der Waals surface area contributed by atoms with Gasteiger partial charge in [-0.25, -0.2) is 0 Å². The molecule has 1 amide bonds. The van der Waals surface area contributed by atoms with E-state index >= 15 is 0 Å². The fraction of sp³-hybridized carbons (Fsp3) is 0.650. The number of hydrogen-bond donors (Lipinski definition) is 1. The number of fused-ring (bicyclic) bond motifs is 2. The molecular weight excluding hydrogens is 312 g/mol. The van der Waals surface area contributed by atoms with Crippen LogP contribution in [0, 0.1) is 0 Å². The van der Waals surface area contributed by atoms with E-state index in [1.165, 1.54) is 18.5 Å². The number of piperazine rings is 1. The van der Waals surface area contributed by atoms with E-state index in [9.17, 15) is 4.79 Å². The second kappa shape index (κ2) is 7.75. The van der Waals surface area contributed by atoms with E-state index in [0.717, 1.165) is 52.2 Å². The quantitative estimate of drug-likeness (QED) is 0.901. The Labute approximate surface area is 151 Å². The van der Waals surface area contributed by atoms with Crippen LogP contribution in [0.2, 0.25) is 0 Å². The van der Waals surface area contributed by atoms with Gasteiger partial charge < -0.3 is 15.1 Å². The largest absolute Gasteiger partial charge is 0.369 e. The fourth-order valence-electron chi connectivity index (χ4n) is 4.45. The molecule has 5 heteroatoms. The Morgan fingerprint density at radius 2 is 1.72 bits per heavy atom. The third-order valence-electron chi connectivity index (χ3n) is 6.01. The maximum Gasteiger partial charge on any atom is 0.223 e. The smallest absolute Gasteiger partial charge is 0.223 e. The molecule has 2 unspecified atom stereocenters. The molecule has 0 aromatic heterocycles. The molecule has 4 rings (SSSR count). The van der Waals surface area contributed by atoms with E-state index < -0.39 is 0 Å². The van der Waals surface area contributed by atoms with Crippen LogP contribution in [0.4, 0.5) is 5.69 Å². The van der Waals surface area contributed by atoms with Gasteiger partial charge in [0.05, 0.1) is 0 Å². The molecule has 3 fully saturated rings. The van der Waals surface area contributed by atoms with E-state index in [2.05, 4.69) is 50.3 Å². The van der Waals surface area contributed by atoms with Crippen LogP contribution in [-0.4, -0.2) is 73.6 Å². The van der Waals surface area contributed by atoms with Crippen molar-refractivity contribution in [2.45, 2.75) is 37.8 Å². The van der Waals surface area contributed by atoms with Crippen LogP contribution in [0.25, 0.3) is 0 Å². The molecule has 136 valence electrons. The van der Waals surface area contributed by atoms with Crippen LogP contribution in [0.15, 0.2) is 30.3 Å². The van der Waals surface area contributed by atoms with Crippen molar-refractivity contribution in [3.05, 3.63) is 30.3 Å². The van der Waals surface area contributed by atoms with Gasteiger partial charge in [0.25, 0.3) is 0 Å². The number of rotatable bonds is 4. The Morgan fingerprint density at radius 1 is 0.960 bits per heavy atom. The molecule has 3 aliphatic rings. The standard InChI is InChI=1S/C20H30N4O/c25-20(24-11-8-17-6-7-18(16-24)21-17)9-10-22-12-14-23(15-13-22)19-4-2-1-3-5-19/h1-5,17-18,21H,6-16H2. The molecule has 3 aliphatic heterocycles. The molecule has 3 heterocycles. The molecule has 0 saturated carbocycles. The van der Waals surface area contributed by atoms with Gasteiger partial charge in [-0.3, -0.25) is 9.69 Å². The van der Waals surface area contributed by atoms with E-state index in [4.69, 9.17) is 0 Å². The summed E-state index contributed by atoms with van der Waals surface area (Å²) in [5.41, 5.74) is 1.31. The number of likely N-dealkylation sites (tertiary alicyclic amines) is 1. The highest BCUT2D eigenvalue weighted by molar-refractivity contribution is 5.76. The number of hydrogen-bond acceptors (Lipinski definition) is 4. The molecule has 5 nitrogen and oxygen atoms in total. The van der Waals surface area contributed by atoms with Crippen molar-refractivity contribution in [1.29, 1.82) is 0 Å². The molecule has 2 atom stereocenters. The van der Waals surface area contributed by atoms with Crippen molar-refractivity contribution < 1.29 is 4.79 Å². The highest BCUT2D eigenvalue weighted by atomic mass is 16.2.